The number of hydrogen-bond acceptors (Lipinski definition) is 3. The van der Waals surface area contributed by atoms with Crippen LogP contribution < -0.4 is 0 Å². The molecular weight excluding hydrogens is 438 g/mol. The lowest BCUT2D eigenvalue weighted by Crippen LogP contribution is -2.29. The van der Waals surface area contributed by atoms with Crippen LogP contribution in [0.3, 0.4) is 0 Å². The monoisotopic (exact) mass is 459 g/mol. The fraction of sp³-hybridized carbons (Fsp3) is 0.348. The average molecular weight is 459 g/mol. The molecule has 4 aromatic rings. The molecule has 10 heteroatoms. The molecule has 1 fully saturated rings. The number of nitrogens with one attached hydrogen (secondary N) is 1. The second kappa shape index (κ2) is 7.57. The SMILES string of the molecule is CCc1cc(C(F)(F)F)n2nc([C@@H]3CCN(C(=O)c4[nH]c5ccc(F)cc5c4C)C3)cc2n1. The van der Waals surface area contributed by atoms with Crippen LogP contribution >= 0.6 is 0 Å². The number of alkyl halides is 3. The van der Waals surface area contributed by atoms with Crippen molar-refractivity contribution < 1.29 is 22.4 Å². The second-order valence-electron chi connectivity index (χ2n) is 8.37. The molecule has 1 aromatic carbocycles. The van der Waals surface area contributed by atoms with E-state index < -0.39 is 11.9 Å². The summed E-state index contributed by atoms with van der Waals surface area (Å²) in [7, 11) is 0. The Balaban J connectivity index is 1.43. The predicted molar refractivity (Wildman–Crippen MR) is 114 cm³/mol. The van der Waals surface area contributed by atoms with Crippen LogP contribution in [-0.2, 0) is 12.6 Å². The Hall–Kier alpha value is -3.43. The highest BCUT2D eigenvalue weighted by Crippen LogP contribution is 2.33. The van der Waals surface area contributed by atoms with Crippen LogP contribution in [0, 0.1) is 12.7 Å². The number of halogens is 4. The Morgan fingerprint density at radius 1 is 1.24 bits per heavy atom. The molecule has 172 valence electrons. The molecule has 0 bridgehead atoms. The number of aromatic amines is 1. The molecule has 0 radical (unpaired) electrons. The quantitative estimate of drug-likeness (QED) is 0.445. The lowest BCUT2D eigenvalue weighted by Gasteiger charge is -2.15. The number of aromatic nitrogens is 4. The number of nitrogens with zero attached hydrogens (tertiary/aromatic N) is 4. The van der Waals surface area contributed by atoms with Crippen molar-refractivity contribution in [1.29, 1.82) is 0 Å². The lowest BCUT2D eigenvalue weighted by molar-refractivity contribution is -0.142. The molecule has 1 aliphatic heterocycles. The molecule has 1 aliphatic rings. The van der Waals surface area contributed by atoms with Gasteiger partial charge in [0.2, 0.25) is 0 Å². The van der Waals surface area contributed by atoms with Crippen molar-refractivity contribution in [2.75, 3.05) is 13.1 Å². The number of rotatable bonds is 3. The molecule has 5 rings (SSSR count). The Morgan fingerprint density at radius 2 is 2.03 bits per heavy atom. The molecule has 1 N–H and O–H groups in total. The molecule has 0 unspecified atom stereocenters. The number of amides is 1. The first-order valence-electron chi connectivity index (χ1n) is 10.7. The zero-order valence-electron chi connectivity index (χ0n) is 18.0. The van der Waals surface area contributed by atoms with Gasteiger partial charge in [0.25, 0.3) is 5.91 Å². The third-order valence-corrected chi connectivity index (χ3v) is 6.28. The van der Waals surface area contributed by atoms with Gasteiger partial charge in [0, 0.05) is 41.7 Å². The normalized spacial score (nSPS) is 16.9. The minimum absolute atomic E-state index is 0.148. The van der Waals surface area contributed by atoms with Gasteiger partial charge in [-0.05, 0) is 49.6 Å². The van der Waals surface area contributed by atoms with E-state index in [4.69, 9.17) is 0 Å². The number of carbonyl (C=O) groups excluding carboxylic acids is 1. The Morgan fingerprint density at radius 3 is 2.76 bits per heavy atom. The van der Waals surface area contributed by atoms with Gasteiger partial charge in [0.15, 0.2) is 5.65 Å². The first kappa shape index (κ1) is 21.4. The van der Waals surface area contributed by atoms with E-state index in [-0.39, 0.29) is 23.3 Å². The topological polar surface area (TPSA) is 66.3 Å². The molecule has 33 heavy (non-hydrogen) atoms. The molecule has 1 amide bonds. The first-order chi connectivity index (χ1) is 15.7. The van der Waals surface area contributed by atoms with Gasteiger partial charge in [-0.1, -0.05) is 6.92 Å². The number of H-pyrrole nitrogens is 1. The minimum Gasteiger partial charge on any atom is -0.350 e. The Bertz CT molecular complexity index is 1390. The van der Waals surface area contributed by atoms with Gasteiger partial charge < -0.3 is 9.88 Å². The standard InChI is InChI=1S/C23H21F4N5O/c1-3-15-9-19(23(25,26)27)32-20(28-15)10-18(30-32)13-6-7-31(11-13)22(33)21-12(2)16-8-14(24)4-5-17(16)29-21/h4-5,8-10,13,29H,3,6-7,11H2,1-2H3/t13-/m1/s1. The molecule has 6 nitrogen and oxygen atoms in total. The van der Waals surface area contributed by atoms with Crippen LogP contribution in [0.2, 0.25) is 0 Å². The zero-order chi connectivity index (χ0) is 23.5. The van der Waals surface area contributed by atoms with E-state index in [1.165, 1.54) is 12.1 Å². The third kappa shape index (κ3) is 3.63. The molecule has 0 aliphatic carbocycles. The van der Waals surface area contributed by atoms with Gasteiger partial charge in [-0.2, -0.15) is 18.3 Å². The van der Waals surface area contributed by atoms with Crippen LogP contribution in [0.15, 0.2) is 30.3 Å². The maximum Gasteiger partial charge on any atom is 0.433 e. The van der Waals surface area contributed by atoms with Crippen LogP contribution in [0.25, 0.3) is 16.6 Å². The molecule has 4 heterocycles. The largest absolute Gasteiger partial charge is 0.433 e. The Labute approximate surface area is 186 Å². The number of carbonyl (C=O) groups is 1. The summed E-state index contributed by atoms with van der Waals surface area (Å²) in [6.45, 7) is 4.28. The maximum absolute atomic E-state index is 13.6. The fourth-order valence-electron chi connectivity index (χ4n) is 4.48. The minimum atomic E-state index is -4.56. The summed E-state index contributed by atoms with van der Waals surface area (Å²) in [6, 6.07) is 6.90. The Kier molecular flexibility index (Phi) is 4.91. The molecular formula is C23H21F4N5O. The van der Waals surface area contributed by atoms with Crippen LogP contribution in [-0.4, -0.2) is 43.5 Å². The summed E-state index contributed by atoms with van der Waals surface area (Å²) in [5.41, 5.74) is 1.84. The smallest absolute Gasteiger partial charge is 0.350 e. The van der Waals surface area contributed by atoms with Crippen molar-refractivity contribution in [2.45, 2.75) is 38.8 Å². The van der Waals surface area contributed by atoms with Gasteiger partial charge in [-0.25, -0.2) is 13.9 Å². The lowest BCUT2D eigenvalue weighted by atomic mass is 10.1. The summed E-state index contributed by atoms with van der Waals surface area (Å²) >= 11 is 0. The van der Waals surface area contributed by atoms with Gasteiger partial charge >= 0.3 is 6.18 Å². The maximum atomic E-state index is 13.6. The van der Waals surface area contributed by atoms with Crippen molar-refractivity contribution in [1.82, 2.24) is 24.5 Å². The molecule has 0 saturated carbocycles. The molecule has 1 atom stereocenters. The number of aryl methyl sites for hydroxylation is 2. The van der Waals surface area contributed by atoms with E-state index in [2.05, 4.69) is 15.1 Å². The average Bonchev–Trinajstić information content (AvgIpc) is 3.49. The van der Waals surface area contributed by atoms with E-state index in [1.54, 1.807) is 30.9 Å². The van der Waals surface area contributed by atoms with Gasteiger partial charge in [0.05, 0.1) is 5.69 Å². The van der Waals surface area contributed by atoms with Crippen LogP contribution in [0.4, 0.5) is 17.6 Å². The van der Waals surface area contributed by atoms with Crippen molar-refractivity contribution in [3.8, 4) is 0 Å². The second-order valence-corrected chi connectivity index (χ2v) is 8.37. The van der Waals surface area contributed by atoms with Crippen molar-refractivity contribution in [3.63, 3.8) is 0 Å². The summed E-state index contributed by atoms with van der Waals surface area (Å²) < 4.78 is 55.1. The number of hydrogen-bond donors (Lipinski definition) is 1. The van der Waals surface area contributed by atoms with E-state index in [0.29, 0.717) is 59.5 Å². The van der Waals surface area contributed by atoms with Crippen LogP contribution in [0.1, 0.15) is 52.4 Å². The van der Waals surface area contributed by atoms with Gasteiger partial charge in [0.1, 0.15) is 17.2 Å². The summed E-state index contributed by atoms with van der Waals surface area (Å²) in [6.07, 6.45) is -3.61. The number of benzene rings is 1. The fourth-order valence-corrected chi connectivity index (χ4v) is 4.48. The number of fused-ring (bicyclic) bond motifs is 2. The van der Waals surface area contributed by atoms with Crippen molar-refractivity contribution in [3.05, 3.63) is 64.5 Å². The van der Waals surface area contributed by atoms with E-state index >= 15 is 0 Å². The van der Waals surface area contributed by atoms with Gasteiger partial charge in [-0.3, -0.25) is 4.79 Å². The predicted octanol–water partition coefficient (Wildman–Crippen LogP) is 4.87. The summed E-state index contributed by atoms with van der Waals surface area (Å²) in [4.78, 5) is 22.2. The number of likely N-dealkylation sites (tertiary alicyclic amines) is 1. The third-order valence-electron chi connectivity index (χ3n) is 6.28. The summed E-state index contributed by atoms with van der Waals surface area (Å²) in [5, 5.41) is 4.86. The zero-order valence-corrected chi connectivity index (χ0v) is 18.0. The molecule has 1 saturated heterocycles. The van der Waals surface area contributed by atoms with E-state index in [9.17, 15) is 22.4 Å². The van der Waals surface area contributed by atoms with Crippen molar-refractivity contribution in [2.24, 2.45) is 0 Å². The van der Waals surface area contributed by atoms with Crippen LogP contribution in [0.5, 0.6) is 0 Å². The summed E-state index contributed by atoms with van der Waals surface area (Å²) in [5.74, 6) is -0.809. The first-order valence-corrected chi connectivity index (χ1v) is 10.7. The van der Waals surface area contributed by atoms with E-state index in [0.717, 1.165) is 10.6 Å². The van der Waals surface area contributed by atoms with Gasteiger partial charge in [-0.15, -0.1) is 0 Å². The molecule has 3 aromatic heterocycles. The highest BCUT2D eigenvalue weighted by molar-refractivity contribution is 6.01. The molecule has 0 spiro atoms. The van der Waals surface area contributed by atoms with Crippen molar-refractivity contribution >= 4 is 22.5 Å². The highest BCUT2D eigenvalue weighted by Gasteiger charge is 2.36. The highest BCUT2D eigenvalue weighted by atomic mass is 19.4. The van der Waals surface area contributed by atoms with E-state index in [1.807, 2.05) is 0 Å².